The second kappa shape index (κ2) is 8.11. The van der Waals surface area contributed by atoms with Crippen LogP contribution in [0.15, 0.2) is 12.3 Å². The fourth-order valence-electron chi connectivity index (χ4n) is 2.99. The van der Waals surface area contributed by atoms with E-state index in [1.165, 1.54) is 0 Å². The maximum atomic E-state index is 15.8. The Morgan fingerprint density at radius 1 is 1.28 bits per heavy atom. The van der Waals surface area contributed by atoms with Crippen molar-refractivity contribution in [3.8, 4) is 5.88 Å². The topological polar surface area (TPSA) is 43.4 Å². The van der Waals surface area contributed by atoms with Gasteiger partial charge in [0.15, 0.2) is 8.32 Å². The molecule has 2 rings (SSSR count). The number of aromatic nitrogens is 1. The third kappa shape index (κ3) is 4.74. The first-order valence-electron chi connectivity index (χ1n) is 9.46. The predicted molar refractivity (Wildman–Crippen MR) is 103 cm³/mol. The van der Waals surface area contributed by atoms with Crippen LogP contribution in [0.1, 0.15) is 44.2 Å². The lowest BCUT2D eigenvalue weighted by molar-refractivity contribution is -0.183. The van der Waals surface area contributed by atoms with Crippen LogP contribution in [0.3, 0.4) is 0 Å². The van der Waals surface area contributed by atoms with Gasteiger partial charge in [-0.2, -0.15) is 0 Å². The van der Waals surface area contributed by atoms with Crippen molar-refractivity contribution in [1.82, 2.24) is 10.3 Å². The maximum absolute atomic E-state index is 15.8. The minimum absolute atomic E-state index is 0.0421. The first kappa shape index (κ1) is 24.0. The minimum Gasteiger partial charge on any atom is -0.481 e. The predicted octanol–water partition coefficient (Wildman–Crippen LogP) is 5.21. The molecule has 1 N–H and O–H groups in total. The monoisotopic (exact) mass is 440 g/mol. The van der Waals surface area contributed by atoms with Gasteiger partial charge >= 0.3 is 0 Å². The molecule has 0 spiro atoms. The van der Waals surface area contributed by atoms with Gasteiger partial charge < -0.3 is 14.5 Å². The van der Waals surface area contributed by atoms with E-state index >= 15 is 4.39 Å². The van der Waals surface area contributed by atoms with Crippen LogP contribution in [-0.4, -0.2) is 45.8 Å². The second-order valence-corrected chi connectivity index (χ2v) is 13.6. The molecule has 10 heteroatoms. The quantitative estimate of drug-likeness (QED) is 0.487. The van der Waals surface area contributed by atoms with Gasteiger partial charge in [0.1, 0.15) is 0 Å². The summed E-state index contributed by atoms with van der Waals surface area (Å²) in [5.41, 5.74) is -0.710. The number of nitrogens with one attached hydrogen (secondary N) is 1. The number of alkyl halides is 5. The second-order valence-electron chi connectivity index (χ2n) is 8.90. The molecule has 2 heterocycles. The minimum atomic E-state index is -3.56. The van der Waals surface area contributed by atoms with E-state index in [0.717, 1.165) is 19.4 Å². The number of pyridine rings is 1. The van der Waals surface area contributed by atoms with Crippen LogP contribution in [-0.2, 0) is 10.3 Å². The zero-order valence-electron chi connectivity index (χ0n) is 17.6. The van der Waals surface area contributed by atoms with Crippen molar-refractivity contribution in [2.75, 3.05) is 20.2 Å². The molecule has 0 bridgehead atoms. The summed E-state index contributed by atoms with van der Waals surface area (Å²) in [5.74, 6) is -8.33. The third-order valence-electron chi connectivity index (χ3n) is 5.82. The molecule has 1 aromatic heterocycles. The van der Waals surface area contributed by atoms with Gasteiger partial charge in [-0.1, -0.05) is 20.8 Å². The summed E-state index contributed by atoms with van der Waals surface area (Å²) in [6.45, 7) is 8.68. The molecule has 0 amide bonds. The Balaban J connectivity index is 2.59. The van der Waals surface area contributed by atoms with E-state index in [4.69, 9.17) is 9.16 Å². The number of rotatable bonds is 6. The normalized spacial score (nSPS) is 22.4. The molecule has 2 unspecified atom stereocenters. The fourth-order valence-corrected chi connectivity index (χ4v) is 4.24. The molecule has 1 aliphatic heterocycles. The molecule has 1 aliphatic rings. The van der Waals surface area contributed by atoms with Crippen molar-refractivity contribution < 1.29 is 31.1 Å². The summed E-state index contributed by atoms with van der Waals surface area (Å²) in [5, 5.41) is 2.29. The molecule has 29 heavy (non-hydrogen) atoms. The third-order valence-corrected chi connectivity index (χ3v) is 10.2. The van der Waals surface area contributed by atoms with Gasteiger partial charge in [0.05, 0.1) is 18.6 Å². The van der Waals surface area contributed by atoms with E-state index in [-0.39, 0.29) is 18.7 Å². The lowest BCUT2D eigenvalue weighted by Crippen LogP contribution is -2.49. The molecule has 0 radical (unpaired) electrons. The number of halogens is 5. The van der Waals surface area contributed by atoms with Crippen LogP contribution < -0.4 is 10.1 Å². The molecule has 0 aromatic carbocycles. The zero-order chi connectivity index (χ0) is 22.3. The van der Waals surface area contributed by atoms with E-state index in [0.29, 0.717) is 0 Å². The standard InChI is InChI=1S/C19H29F5N2O2Si/c1-17(2,3)29(5,6)28-19(24,16(20)21)13-9-12(10-26-15(13)27-4)14-11-25-8-7-18(14,22)23/h9-10,14,16,25H,7-8,11H2,1-6H3. The van der Waals surface area contributed by atoms with Gasteiger partial charge in [0.2, 0.25) is 5.88 Å². The average Bonchev–Trinajstić information content (AvgIpc) is 2.59. The first-order valence-corrected chi connectivity index (χ1v) is 12.4. The molecule has 2 atom stereocenters. The number of ether oxygens (including phenoxy) is 1. The Hall–Kier alpha value is -1.26. The lowest BCUT2D eigenvalue weighted by atomic mass is 9.87. The van der Waals surface area contributed by atoms with Crippen molar-refractivity contribution >= 4 is 8.32 Å². The summed E-state index contributed by atoms with van der Waals surface area (Å²) in [6, 6.07) is 0.983. The summed E-state index contributed by atoms with van der Waals surface area (Å²) < 4.78 is 83.0. The van der Waals surface area contributed by atoms with Crippen LogP contribution in [0.2, 0.25) is 18.1 Å². The van der Waals surface area contributed by atoms with Crippen LogP contribution in [0, 0.1) is 0 Å². The van der Waals surface area contributed by atoms with E-state index in [1.54, 1.807) is 33.9 Å². The maximum Gasteiger partial charge on any atom is 0.300 e. The van der Waals surface area contributed by atoms with Gasteiger partial charge in [-0.15, -0.1) is 0 Å². The van der Waals surface area contributed by atoms with Gasteiger partial charge in [-0.05, 0) is 29.8 Å². The highest BCUT2D eigenvalue weighted by Gasteiger charge is 2.54. The SMILES string of the molecule is COc1ncc(C2CNCCC2(F)F)cc1C(F)(O[Si](C)(C)C(C)(C)C)C(F)F. The summed E-state index contributed by atoms with van der Waals surface area (Å²) in [4.78, 5) is 3.86. The molecule has 1 fully saturated rings. The van der Waals surface area contributed by atoms with Crippen LogP contribution >= 0.6 is 0 Å². The van der Waals surface area contributed by atoms with Gasteiger partial charge in [0.25, 0.3) is 18.2 Å². The number of nitrogens with zero attached hydrogens (tertiary/aromatic N) is 1. The van der Waals surface area contributed by atoms with Gasteiger partial charge in [-0.25, -0.2) is 26.9 Å². The highest BCUT2D eigenvalue weighted by molar-refractivity contribution is 6.74. The number of methoxy groups -OCH3 is 1. The van der Waals surface area contributed by atoms with Crippen LogP contribution in [0.5, 0.6) is 5.88 Å². The zero-order valence-corrected chi connectivity index (χ0v) is 18.6. The molecular weight excluding hydrogens is 411 g/mol. The number of hydrogen-bond acceptors (Lipinski definition) is 4. The van der Waals surface area contributed by atoms with Crippen molar-refractivity contribution in [3.63, 3.8) is 0 Å². The molecule has 1 aromatic rings. The lowest BCUT2D eigenvalue weighted by Gasteiger charge is -2.42. The van der Waals surface area contributed by atoms with Crippen LogP contribution in [0.25, 0.3) is 0 Å². The molecule has 0 aliphatic carbocycles. The Kier molecular flexibility index (Phi) is 6.71. The Labute approximate surface area is 169 Å². The molecule has 0 saturated carbocycles. The molecule has 166 valence electrons. The highest BCUT2D eigenvalue weighted by Crippen LogP contribution is 2.48. The van der Waals surface area contributed by atoms with Gasteiger partial charge in [0, 0.05) is 25.7 Å². The Bertz CT molecular complexity index is 727. The van der Waals surface area contributed by atoms with E-state index < -0.39 is 55.3 Å². The van der Waals surface area contributed by atoms with E-state index in [2.05, 4.69) is 10.3 Å². The van der Waals surface area contributed by atoms with Crippen molar-refractivity contribution in [2.45, 2.75) is 69.4 Å². The summed E-state index contributed by atoms with van der Waals surface area (Å²) >= 11 is 0. The van der Waals surface area contributed by atoms with E-state index in [1.807, 2.05) is 0 Å². The summed E-state index contributed by atoms with van der Waals surface area (Å²) in [7, 11) is -1.85. The Morgan fingerprint density at radius 2 is 1.90 bits per heavy atom. The van der Waals surface area contributed by atoms with Crippen LogP contribution in [0.4, 0.5) is 22.0 Å². The average molecular weight is 441 g/mol. The highest BCUT2D eigenvalue weighted by atomic mass is 28.4. The van der Waals surface area contributed by atoms with Crippen molar-refractivity contribution in [2.24, 2.45) is 0 Å². The largest absolute Gasteiger partial charge is 0.481 e. The number of piperidine rings is 1. The molecule has 1 saturated heterocycles. The van der Waals surface area contributed by atoms with E-state index in [9.17, 15) is 17.6 Å². The molecular formula is C19H29F5N2O2Si. The van der Waals surface area contributed by atoms with Gasteiger partial charge in [-0.3, -0.25) is 0 Å². The smallest absolute Gasteiger partial charge is 0.300 e. The van der Waals surface area contributed by atoms with Crippen molar-refractivity contribution in [1.29, 1.82) is 0 Å². The molecule has 4 nitrogen and oxygen atoms in total. The summed E-state index contributed by atoms with van der Waals surface area (Å²) in [6.07, 6.45) is -2.85. The fraction of sp³-hybridized carbons (Fsp3) is 0.737. The first-order chi connectivity index (χ1) is 13.2. The number of hydrogen-bond donors (Lipinski definition) is 1. The Morgan fingerprint density at radius 3 is 2.38 bits per heavy atom. The van der Waals surface area contributed by atoms with Crippen molar-refractivity contribution in [3.05, 3.63) is 23.4 Å².